The second-order valence-corrected chi connectivity index (χ2v) is 6.97. The van der Waals surface area contributed by atoms with Gasteiger partial charge in [0.15, 0.2) is 0 Å². The van der Waals surface area contributed by atoms with Crippen molar-refractivity contribution in [1.82, 2.24) is 0 Å². The molecule has 0 spiro atoms. The SMILES string of the molecule is CC.CC.CC.CC.CC.CC.CC(C)C.CC(C)C.c1ccc2ccccc2c1.c1ccccc1. The smallest absolute Gasteiger partial charge is 0.0184 e. The summed E-state index contributed by atoms with van der Waals surface area (Å²) in [6, 6.07) is 28.7. The van der Waals surface area contributed by atoms with E-state index in [1.54, 1.807) is 0 Å². The molecule has 0 atom stereocenters. The summed E-state index contributed by atoms with van der Waals surface area (Å²) in [6.07, 6.45) is 0. The van der Waals surface area contributed by atoms with Gasteiger partial charge in [0.2, 0.25) is 0 Å². The van der Waals surface area contributed by atoms with E-state index in [4.69, 9.17) is 0 Å². The molecule has 0 nitrogen and oxygen atoms in total. The van der Waals surface area contributed by atoms with Gasteiger partial charge in [-0.2, -0.15) is 0 Å². The van der Waals surface area contributed by atoms with E-state index < -0.39 is 0 Å². The van der Waals surface area contributed by atoms with E-state index in [1.165, 1.54) is 10.8 Å². The third kappa shape index (κ3) is 63.5. The molecule has 3 rings (SSSR count). The summed E-state index contributed by atoms with van der Waals surface area (Å²) in [6.45, 7) is 37.0. The topological polar surface area (TPSA) is 0 Å². The molecule has 3 aromatic rings. The largest absolute Gasteiger partial charge is 0.0683 e. The molecule has 0 unspecified atom stereocenters. The third-order valence-electron chi connectivity index (χ3n) is 2.33. The molecule has 0 aromatic heterocycles. The molecule has 0 aliphatic carbocycles. The molecule has 0 N–H and O–H groups in total. The zero-order chi connectivity index (χ0) is 30.2. The van der Waals surface area contributed by atoms with Gasteiger partial charge in [0, 0.05) is 0 Å². The van der Waals surface area contributed by atoms with Gasteiger partial charge in [0.25, 0.3) is 0 Å². The maximum Gasteiger partial charge on any atom is -0.0184 e. The van der Waals surface area contributed by atoms with Crippen molar-refractivity contribution < 1.29 is 0 Å². The Hall–Kier alpha value is -2.08. The van der Waals surface area contributed by atoms with E-state index >= 15 is 0 Å². The van der Waals surface area contributed by atoms with Gasteiger partial charge in [-0.1, -0.05) is 210 Å². The second kappa shape index (κ2) is 58.6. The fraction of sp³-hybridized carbons (Fsp3) is 0.556. The lowest BCUT2D eigenvalue weighted by Crippen LogP contribution is -1.67. The van der Waals surface area contributed by atoms with Crippen LogP contribution in [0, 0.1) is 11.8 Å². The Bertz CT molecular complexity index is 505. The predicted octanol–water partition coefficient (Wildman–Crippen LogP) is 14.0. The third-order valence-corrected chi connectivity index (χ3v) is 2.33. The van der Waals surface area contributed by atoms with Gasteiger partial charge in [0.05, 0.1) is 0 Å². The monoisotopic (exact) mass is 503 g/mol. The van der Waals surface area contributed by atoms with Gasteiger partial charge in [-0.25, -0.2) is 0 Å². The molecule has 0 aliphatic heterocycles. The van der Waals surface area contributed by atoms with Crippen molar-refractivity contribution in [3.63, 3.8) is 0 Å². The van der Waals surface area contributed by atoms with Gasteiger partial charge in [0.1, 0.15) is 0 Å². The molecule has 0 saturated carbocycles. The highest BCUT2D eigenvalue weighted by Crippen LogP contribution is 2.11. The molecule has 36 heavy (non-hydrogen) atoms. The summed E-state index contributed by atoms with van der Waals surface area (Å²) in [5, 5.41) is 2.62. The second-order valence-electron chi connectivity index (χ2n) is 6.97. The van der Waals surface area contributed by atoms with Crippen molar-refractivity contribution in [2.24, 2.45) is 11.8 Å². The highest BCUT2D eigenvalue weighted by atomic mass is 13.9. The first kappa shape index (κ1) is 50.7. The van der Waals surface area contributed by atoms with E-state index in [0.29, 0.717) is 0 Å². The number of rotatable bonds is 0. The van der Waals surface area contributed by atoms with Crippen LogP contribution in [0.2, 0.25) is 0 Å². The van der Waals surface area contributed by atoms with Crippen LogP contribution in [-0.4, -0.2) is 0 Å². The normalized spacial score (nSPS) is 7.11. The van der Waals surface area contributed by atoms with Crippen LogP contribution in [0.25, 0.3) is 10.8 Å². The van der Waals surface area contributed by atoms with E-state index in [2.05, 4.69) is 90.1 Å². The quantitative estimate of drug-likeness (QED) is 0.286. The van der Waals surface area contributed by atoms with Crippen molar-refractivity contribution in [3.05, 3.63) is 84.9 Å². The Morgan fingerprint density at radius 1 is 0.278 bits per heavy atom. The first-order valence-corrected chi connectivity index (χ1v) is 14.9. The fourth-order valence-electron chi connectivity index (χ4n) is 1.52. The standard InChI is InChI=1S/C10H8.C6H6.2C4H10.6C2H6/c1-2-6-10-8-4-3-7-9(10)5-1;1-2-4-6-5-3-1;2*1-4(2)3;6*1-2/h1-8H;1-6H;2*4H,1-3H3;6*1-2H3. The molecule has 0 amide bonds. The summed E-state index contributed by atoms with van der Waals surface area (Å²) >= 11 is 0. The lowest BCUT2D eigenvalue weighted by Gasteiger charge is -1.92. The van der Waals surface area contributed by atoms with Crippen molar-refractivity contribution in [2.45, 2.75) is 125 Å². The van der Waals surface area contributed by atoms with Gasteiger partial charge in [-0.15, -0.1) is 0 Å². The van der Waals surface area contributed by atoms with E-state index in [9.17, 15) is 0 Å². The lowest BCUT2D eigenvalue weighted by atomic mass is 10.1. The zero-order valence-corrected chi connectivity index (χ0v) is 28.2. The van der Waals surface area contributed by atoms with Crippen LogP contribution >= 0.6 is 0 Å². The number of fused-ring (bicyclic) bond motifs is 1. The maximum atomic E-state index is 2.17. The molecule has 0 fully saturated rings. The number of benzene rings is 3. The molecule has 0 saturated heterocycles. The first-order valence-electron chi connectivity index (χ1n) is 14.9. The minimum absolute atomic E-state index is 0.833. The summed E-state index contributed by atoms with van der Waals surface area (Å²) in [5.74, 6) is 1.67. The summed E-state index contributed by atoms with van der Waals surface area (Å²) in [5.41, 5.74) is 0. The average Bonchev–Trinajstić information content (AvgIpc) is 2.96. The van der Waals surface area contributed by atoms with Crippen molar-refractivity contribution in [3.8, 4) is 0 Å². The minimum Gasteiger partial charge on any atom is -0.0683 e. The highest BCUT2D eigenvalue weighted by Gasteiger charge is 1.85. The summed E-state index contributed by atoms with van der Waals surface area (Å²) in [7, 11) is 0. The van der Waals surface area contributed by atoms with E-state index in [0.717, 1.165) is 11.8 Å². The van der Waals surface area contributed by atoms with Crippen LogP contribution in [0.5, 0.6) is 0 Å². The van der Waals surface area contributed by atoms with Crippen LogP contribution in [0.15, 0.2) is 84.9 Å². The zero-order valence-electron chi connectivity index (χ0n) is 28.2. The predicted molar refractivity (Wildman–Crippen MR) is 180 cm³/mol. The molecular weight excluding hydrogens is 432 g/mol. The van der Waals surface area contributed by atoms with Crippen molar-refractivity contribution >= 4 is 10.8 Å². The molecule has 3 aromatic carbocycles. The Morgan fingerprint density at radius 3 is 0.500 bits per heavy atom. The van der Waals surface area contributed by atoms with Crippen LogP contribution in [0.4, 0.5) is 0 Å². The van der Waals surface area contributed by atoms with Crippen molar-refractivity contribution in [2.75, 3.05) is 0 Å². The molecule has 0 bridgehead atoms. The van der Waals surface area contributed by atoms with Crippen LogP contribution in [-0.2, 0) is 0 Å². The molecule has 214 valence electrons. The Morgan fingerprint density at radius 2 is 0.389 bits per heavy atom. The number of hydrogen-bond donors (Lipinski definition) is 0. The highest BCUT2D eigenvalue weighted by molar-refractivity contribution is 5.81. The lowest BCUT2D eigenvalue weighted by molar-refractivity contribution is 0.736. The Balaban J connectivity index is -0.0000000572. The average molecular weight is 503 g/mol. The van der Waals surface area contributed by atoms with Gasteiger partial charge in [-0.05, 0) is 22.6 Å². The first-order chi connectivity index (χ1) is 17.4. The molecular formula is C36H70. The molecule has 0 heteroatoms. The Labute approximate surface area is 232 Å². The maximum absolute atomic E-state index is 2.17. The van der Waals surface area contributed by atoms with Crippen LogP contribution in [0.3, 0.4) is 0 Å². The molecule has 0 aliphatic rings. The fourth-order valence-corrected chi connectivity index (χ4v) is 1.52. The minimum atomic E-state index is 0.833. The Kier molecular flexibility index (Phi) is 82.6. The van der Waals surface area contributed by atoms with E-state index in [-0.39, 0.29) is 0 Å². The van der Waals surface area contributed by atoms with Gasteiger partial charge < -0.3 is 0 Å². The summed E-state index contributed by atoms with van der Waals surface area (Å²) < 4.78 is 0. The molecule has 0 heterocycles. The van der Waals surface area contributed by atoms with E-state index in [1.807, 2.05) is 119 Å². The van der Waals surface area contributed by atoms with Gasteiger partial charge >= 0.3 is 0 Å². The van der Waals surface area contributed by atoms with Gasteiger partial charge in [-0.3, -0.25) is 0 Å². The number of hydrogen-bond acceptors (Lipinski definition) is 0. The summed E-state index contributed by atoms with van der Waals surface area (Å²) in [4.78, 5) is 0. The van der Waals surface area contributed by atoms with Crippen molar-refractivity contribution in [1.29, 1.82) is 0 Å². The van der Waals surface area contributed by atoms with Crippen LogP contribution in [0.1, 0.15) is 125 Å². The van der Waals surface area contributed by atoms with Crippen LogP contribution < -0.4 is 0 Å². The molecule has 0 radical (unpaired) electrons.